The summed E-state index contributed by atoms with van der Waals surface area (Å²) < 4.78 is 25.8. The molecule has 0 spiro atoms. The van der Waals surface area contributed by atoms with Crippen molar-refractivity contribution in [3.63, 3.8) is 0 Å². The molecular formula is C24H35N5O5S. The lowest BCUT2D eigenvalue weighted by molar-refractivity contribution is -0.144. The van der Waals surface area contributed by atoms with Gasteiger partial charge in [0.25, 0.3) is 10.0 Å². The fraction of sp³-hybridized carbons (Fsp3) is 0.542. The minimum Gasteiger partial charge on any atom is -0.350 e. The van der Waals surface area contributed by atoms with Gasteiger partial charge in [-0.2, -0.15) is 0 Å². The summed E-state index contributed by atoms with van der Waals surface area (Å²) in [7, 11) is -1.95. The first-order chi connectivity index (χ1) is 16.6. The second-order valence-electron chi connectivity index (χ2n) is 9.08. The SMILES string of the molecule is C=CS(=O)(=O)Nc1cccc(CNC(=O)C2CC[C@@H]3CCCCC(NC(=O)[C@H](C)NC)C(=O)N23)c1. The highest BCUT2D eigenvalue weighted by atomic mass is 32.2. The summed E-state index contributed by atoms with van der Waals surface area (Å²) in [6.07, 6.45) is 4.48. The number of sulfonamides is 1. The molecule has 2 unspecified atom stereocenters. The maximum absolute atomic E-state index is 13.5. The third kappa shape index (κ3) is 6.82. The minimum atomic E-state index is -3.63. The smallest absolute Gasteiger partial charge is 0.254 e. The summed E-state index contributed by atoms with van der Waals surface area (Å²) in [6, 6.07) is 5.02. The summed E-state index contributed by atoms with van der Waals surface area (Å²) in [5.74, 6) is -0.702. The number of nitrogens with zero attached hydrogens (tertiary/aromatic N) is 1. The van der Waals surface area contributed by atoms with Crippen molar-refractivity contribution in [1.29, 1.82) is 0 Å². The zero-order valence-electron chi connectivity index (χ0n) is 20.2. The number of anilines is 1. The van der Waals surface area contributed by atoms with Gasteiger partial charge in [-0.3, -0.25) is 19.1 Å². The van der Waals surface area contributed by atoms with Crippen LogP contribution in [0, 0.1) is 0 Å². The number of fused-ring (bicyclic) bond motifs is 1. The van der Waals surface area contributed by atoms with Crippen LogP contribution in [0.4, 0.5) is 5.69 Å². The Bertz CT molecular complexity index is 1060. The van der Waals surface area contributed by atoms with Gasteiger partial charge < -0.3 is 20.9 Å². The Kier molecular flexibility index (Phi) is 8.90. The second kappa shape index (κ2) is 11.7. The number of likely N-dealkylation sites (N-methyl/N-ethyl adjacent to an activating group) is 1. The number of hydrogen-bond donors (Lipinski definition) is 4. The van der Waals surface area contributed by atoms with Crippen molar-refractivity contribution in [3.8, 4) is 0 Å². The Morgan fingerprint density at radius 2 is 1.94 bits per heavy atom. The Morgan fingerprint density at radius 1 is 1.20 bits per heavy atom. The van der Waals surface area contributed by atoms with Gasteiger partial charge in [0.1, 0.15) is 12.1 Å². The van der Waals surface area contributed by atoms with Crippen molar-refractivity contribution in [2.75, 3.05) is 11.8 Å². The molecule has 1 aromatic carbocycles. The summed E-state index contributed by atoms with van der Waals surface area (Å²) in [6.45, 7) is 5.19. The third-order valence-electron chi connectivity index (χ3n) is 6.65. The molecule has 2 aliphatic heterocycles. The van der Waals surface area contributed by atoms with E-state index in [2.05, 4.69) is 27.3 Å². The van der Waals surface area contributed by atoms with E-state index >= 15 is 0 Å². The van der Waals surface area contributed by atoms with Crippen molar-refractivity contribution >= 4 is 33.4 Å². The van der Waals surface area contributed by atoms with E-state index in [0.717, 1.165) is 31.1 Å². The van der Waals surface area contributed by atoms with E-state index in [-0.39, 0.29) is 30.3 Å². The second-order valence-corrected chi connectivity index (χ2v) is 10.7. The maximum atomic E-state index is 13.5. The average molecular weight is 506 g/mol. The molecule has 0 bridgehead atoms. The standard InChI is InChI=1S/C24H35N5O5S/c1-4-35(33,34)28-18-9-7-8-17(14-18)15-26-23(31)21-13-12-19-10-5-6-11-20(24(32)29(19)21)27-22(30)16(2)25-3/h4,7-9,14,16,19-21,25,28H,1,5-6,10-13,15H2,2-3H3,(H,26,31)(H,27,30)/t16-,19-,20?,21?/m0/s1. The number of nitrogens with one attached hydrogen (secondary N) is 4. The fourth-order valence-corrected chi connectivity index (χ4v) is 5.15. The summed E-state index contributed by atoms with van der Waals surface area (Å²) in [5, 5.41) is 9.45. The molecule has 3 rings (SSSR count). The first kappa shape index (κ1) is 26.7. The molecule has 0 radical (unpaired) electrons. The van der Waals surface area contributed by atoms with E-state index in [0.29, 0.717) is 24.1 Å². The molecular weight excluding hydrogens is 470 g/mol. The average Bonchev–Trinajstić information content (AvgIpc) is 3.25. The number of amides is 3. The Hall–Kier alpha value is -2.92. The van der Waals surface area contributed by atoms with Crippen LogP contribution in [0.3, 0.4) is 0 Å². The molecule has 0 aliphatic carbocycles. The van der Waals surface area contributed by atoms with Gasteiger partial charge in [-0.05, 0) is 57.4 Å². The van der Waals surface area contributed by atoms with Crippen LogP contribution in [0.15, 0.2) is 36.3 Å². The van der Waals surface area contributed by atoms with Crippen molar-refractivity contribution in [1.82, 2.24) is 20.9 Å². The molecule has 192 valence electrons. The predicted molar refractivity (Wildman–Crippen MR) is 134 cm³/mol. The summed E-state index contributed by atoms with van der Waals surface area (Å²) in [5.41, 5.74) is 1.08. The highest BCUT2D eigenvalue weighted by Gasteiger charge is 2.43. The van der Waals surface area contributed by atoms with Crippen LogP contribution in [0.25, 0.3) is 0 Å². The highest BCUT2D eigenvalue weighted by molar-refractivity contribution is 7.95. The molecule has 35 heavy (non-hydrogen) atoms. The molecule has 2 saturated heterocycles. The molecule has 11 heteroatoms. The first-order valence-electron chi connectivity index (χ1n) is 12.0. The zero-order chi connectivity index (χ0) is 25.6. The largest absolute Gasteiger partial charge is 0.350 e. The quantitative estimate of drug-likeness (QED) is 0.398. The zero-order valence-corrected chi connectivity index (χ0v) is 21.1. The molecule has 2 aliphatic rings. The van der Waals surface area contributed by atoms with E-state index in [1.54, 1.807) is 43.1 Å². The molecule has 3 amide bonds. The van der Waals surface area contributed by atoms with Crippen molar-refractivity contribution in [2.24, 2.45) is 0 Å². The molecule has 4 N–H and O–H groups in total. The van der Waals surface area contributed by atoms with Crippen LogP contribution < -0.4 is 20.7 Å². The molecule has 2 fully saturated rings. The van der Waals surface area contributed by atoms with Crippen molar-refractivity contribution in [2.45, 2.75) is 76.2 Å². The molecule has 10 nitrogen and oxygen atoms in total. The number of carbonyl (C=O) groups is 3. The first-order valence-corrected chi connectivity index (χ1v) is 13.5. The molecule has 4 atom stereocenters. The van der Waals surface area contributed by atoms with Crippen LogP contribution in [0.1, 0.15) is 51.0 Å². The summed E-state index contributed by atoms with van der Waals surface area (Å²) >= 11 is 0. The topological polar surface area (TPSA) is 137 Å². The van der Waals surface area contributed by atoms with E-state index in [1.807, 2.05) is 0 Å². The lowest BCUT2D eigenvalue weighted by Gasteiger charge is -2.35. The van der Waals surface area contributed by atoms with Gasteiger partial charge >= 0.3 is 0 Å². The van der Waals surface area contributed by atoms with Gasteiger partial charge in [-0.25, -0.2) is 8.42 Å². The van der Waals surface area contributed by atoms with Crippen molar-refractivity contribution < 1.29 is 22.8 Å². The number of rotatable bonds is 9. The van der Waals surface area contributed by atoms with Crippen LogP contribution in [-0.4, -0.2) is 62.3 Å². The van der Waals surface area contributed by atoms with Crippen LogP contribution in [0.5, 0.6) is 0 Å². The van der Waals surface area contributed by atoms with Gasteiger partial charge in [-0.1, -0.05) is 31.6 Å². The van der Waals surface area contributed by atoms with Gasteiger partial charge in [0.15, 0.2) is 0 Å². The number of hydrogen-bond acceptors (Lipinski definition) is 6. The lowest BCUT2D eigenvalue weighted by Crippen LogP contribution is -2.57. The van der Waals surface area contributed by atoms with E-state index < -0.39 is 28.1 Å². The molecule has 0 aromatic heterocycles. The van der Waals surface area contributed by atoms with Crippen LogP contribution in [0.2, 0.25) is 0 Å². The molecule has 0 saturated carbocycles. The van der Waals surface area contributed by atoms with Gasteiger partial charge in [0.2, 0.25) is 17.7 Å². The molecule has 1 aromatic rings. The predicted octanol–water partition coefficient (Wildman–Crippen LogP) is 1.21. The van der Waals surface area contributed by atoms with Crippen LogP contribution >= 0.6 is 0 Å². The minimum absolute atomic E-state index is 0.0173. The van der Waals surface area contributed by atoms with Crippen LogP contribution in [-0.2, 0) is 31.0 Å². The Morgan fingerprint density at radius 3 is 2.66 bits per heavy atom. The molecule has 2 heterocycles. The fourth-order valence-electron chi connectivity index (χ4n) is 4.61. The Balaban J connectivity index is 1.68. The number of carbonyl (C=O) groups excluding carboxylic acids is 3. The van der Waals surface area contributed by atoms with E-state index in [9.17, 15) is 22.8 Å². The maximum Gasteiger partial charge on any atom is 0.254 e. The van der Waals surface area contributed by atoms with Gasteiger partial charge in [0.05, 0.1) is 6.04 Å². The van der Waals surface area contributed by atoms with Crippen molar-refractivity contribution in [3.05, 3.63) is 41.8 Å². The highest BCUT2D eigenvalue weighted by Crippen LogP contribution is 2.31. The normalized spacial score (nSPS) is 23.4. The Labute approximate surface area is 207 Å². The number of benzene rings is 1. The lowest BCUT2D eigenvalue weighted by atomic mass is 9.98. The summed E-state index contributed by atoms with van der Waals surface area (Å²) in [4.78, 5) is 40.7. The monoisotopic (exact) mass is 505 g/mol. The van der Waals surface area contributed by atoms with Gasteiger partial charge in [0, 0.05) is 23.7 Å². The van der Waals surface area contributed by atoms with Gasteiger partial charge in [-0.15, -0.1) is 0 Å². The third-order valence-corrected chi connectivity index (χ3v) is 7.61. The van der Waals surface area contributed by atoms with E-state index in [1.165, 1.54) is 0 Å². The van der Waals surface area contributed by atoms with E-state index in [4.69, 9.17) is 0 Å².